The molecule has 5 nitrogen and oxygen atoms in total. The van der Waals surface area contributed by atoms with Gasteiger partial charge in [-0.05, 0) is 24.3 Å². The first-order valence-corrected chi connectivity index (χ1v) is 5.18. The van der Waals surface area contributed by atoms with Gasteiger partial charge in [0.25, 0.3) is 0 Å². The van der Waals surface area contributed by atoms with Crippen LogP contribution in [0.2, 0.25) is 0 Å². The normalized spacial score (nSPS) is 9.28. The summed E-state index contributed by atoms with van der Waals surface area (Å²) < 4.78 is 5.02. The number of pyridine rings is 1. The Balaban J connectivity index is 2.06. The van der Waals surface area contributed by atoms with E-state index in [-0.39, 0.29) is 11.4 Å². The Kier molecular flexibility index (Phi) is 3.52. The molecule has 0 radical (unpaired) electrons. The summed E-state index contributed by atoms with van der Waals surface area (Å²) in [6.45, 7) is 0. The minimum atomic E-state index is -0.684. The lowest BCUT2D eigenvalue weighted by Gasteiger charge is -2.06. The Bertz CT molecular complexity index is 591. The fraction of sp³-hybridized carbons (Fsp3) is 0. The highest BCUT2D eigenvalue weighted by atomic mass is 16.6. The number of carbonyl (C=O) groups excluding carboxylic acids is 1. The zero-order chi connectivity index (χ0) is 12.8. The molecule has 0 atom stereocenters. The van der Waals surface area contributed by atoms with Gasteiger partial charge in [-0.25, -0.2) is 9.78 Å². The summed E-state index contributed by atoms with van der Waals surface area (Å²) in [4.78, 5) is 15.5. The highest BCUT2D eigenvalue weighted by Crippen LogP contribution is 2.12. The fourth-order valence-corrected chi connectivity index (χ4v) is 1.31. The number of hydrogen-bond acceptors (Lipinski definition) is 4. The van der Waals surface area contributed by atoms with E-state index in [0.29, 0.717) is 5.75 Å². The summed E-state index contributed by atoms with van der Waals surface area (Å²) in [7, 11) is 0. The molecule has 5 heteroatoms. The predicted octanol–water partition coefficient (Wildman–Crippen LogP) is 2.56. The van der Waals surface area contributed by atoms with Gasteiger partial charge in [0.15, 0.2) is 5.82 Å². The number of anilines is 1. The van der Waals surface area contributed by atoms with Gasteiger partial charge in [0.2, 0.25) is 0 Å². The maximum atomic E-state index is 11.6. The van der Waals surface area contributed by atoms with Gasteiger partial charge in [-0.2, -0.15) is 5.26 Å². The molecule has 1 N–H and O–H groups in total. The molecule has 0 bridgehead atoms. The van der Waals surface area contributed by atoms with E-state index in [1.165, 1.54) is 6.20 Å². The first-order valence-electron chi connectivity index (χ1n) is 5.18. The molecule has 0 fully saturated rings. The van der Waals surface area contributed by atoms with Crippen molar-refractivity contribution in [1.29, 1.82) is 5.26 Å². The van der Waals surface area contributed by atoms with Crippen LogP contribution in [-0.2, 0) is 0 Å². The maximum absolute atomic E-state index is 11.6. The topological polar surface area (TPSA) is 75.0 Å². The molecule has 1 heterocycles. The van der Waals surface area contributed by atoms with Gasteiger partial charge in [-0.3, -0.25) is 5.32 Å². The largest absolute Gasteiger partial charge is 0.418 e. The second-order valence-electron chi connectivity index (χ2n) is 3.34. The van der Waals surface area contributed by atoms with Crippen molar-refractivity contribution < 1.29 is 9.53 Å². The third kappa shape index (κ3) is 2.83. The first kappa shape index (κ1) is 11.6. The zero-order valence-corrected chi connectivity index (χ0v) is 9.33. The van der Waals surface area contributed by atoms with Gasteiger partial charge < -0.3 is 4.74 Å². The maximum Gasteiger partial charge on any atom is 0.418 e. The van der Waals surface area contributed by atoms with Crippen molar-refractivity contribution in [1.82, 2.24) is 4.98 Å². The van der Waals surface area contributed by atoms with Crippen molar-refractivity contribution in [2.45, 2.75) is 0 Å². The smallest absolute Gasteiger partial charge is 0.410 e. The van der Waals surface area contributed by atoms with Gasteiger partial charge in [0.1, 0.15) is 11.8 Å². The Labute approximate surface area is 104 Å². The van der Waals surface area contributed by atoms with Crippen molar-refractivity contribution in [3.63, 3.8) is 0 Å². The van der Waals surface area contributed by atoms with E-state index < -0.39 is 6.09 Å². The molecule has 0 saturated heterocycles. The first-order chi connectivity index (χ1) is 8.79. The minimum absolute atomic E-state index is 0.181. The molecule has 1 amide bonds. The molecule has 0 aliphatic rings. The lowest BCUT2D eigenvalue weighted by atomic mass is 10.3. The molecule has 2 rings (SSSR count). The number of ether oxygens (including phenoxy) is 1. The van der Waals surface area contributed by atoms with E-state index in [2.05, 4.69) is 10.3 Å². The predicted molar refractivity (Wildman–Crippen MR) is 65.0 cm³/mol. The molecule has 0 aliphatic carbocycles. The van der Waals surface area contributed by atoms with Crippen LogP contribution in [0.5, 0.6) is 5.75 Å². The Hall–Kier alpha value is -2.87. The van der Waals surface area contributed by atoms with E-state index in [9.17, 15) is 4.79 Å². The molecule has 2 aromatic rings. The number of nitrogens with one attached hydrogen (secondary N) is 1. The molecule has 0 unspecified atom stereocenters. The Morgan fingerprint density at radius 3 is 2.72 bits per heavy atom. The summed E-state index contributed by atoms with van der Waals surface area (Å²) >= 11 is 0. The van der Waals surface area contributed by atoms with Crippen molar-refractivity contribution in [2.75, 3.05) is 5.32 Å². The Morgan fingerprint density at radius 1 is 1.22 bits per heavy atom. The van der Waals surface area contributed by atoms with Gasteiger partial charge >= 0.3 is 6.09 Å². The number of benzene rings is 1. The van der Waals surface area contributed by atoms with Crippen molar-refractivity contribution in [3.05, 3.63) is 54.2 Å². The van der Waals surface area contributed by atoms with E-state index in [0.717, 1.165) is 0 Å². The standard InChI is InChI=1S/C13H9N3O2/c14-9-10-5-4-8-15-12(10)16-13(17)18-11-6-2-1-3-7-11/h1-8H,(H,15,16,17). The lowest BCUT2D eigenvalue weighted by molar-refractivity contribution is 0.215. The molecular weight excluding hydrogens is 230 g/mol. The van der Waals surface area contributed by atoms with E-state index in [1.54, 1.807) is 36.4 Å². The monoisotopic (exact) mass is 239 g/mol. The van der Waals surface area contributed by atoms with Crippen LogP contribution in [0.15, 0.2) is 48.7 Å². The van der Waals surface area contributed by atoms with Gasteiger partial charge in [-0.15, -0.1) is 0 Å². The van der Waals surface area contributed by atoms with E-state index >= 15 is 0 Å². The molecule has 0 aliphatic heterocycles. The number of para-hydroxylation sites is 1. The molecule has 88 valence electrons. The fourth-order valence-electron chi connectivity index (χ4n) is 1.31. The highest BCUT2D eigenvalue weighted by molar-refractivity contribution is 5.86. The van der Waals surface area contributed by atoms with Gasteiger partial charge in [0.05, 0.1) is 5.56 Å². The lowest BCUT2D eigenvalue weighted by Crippen LogP contribution is -2.18. The molecule has 0 saturated carbocycles. The quantitative estimate of drug-likeness (QED) is 0.873. The van der Waals surface area contributed by atoms with Crippen LogP contribution >= 0.6 is 0 Å². The summed E-state index contributed by atoms with van der Waals surface area (Å²) in [6.07, 6.45) is 0.801. The van der Waals surface area contributed by atoms with Crippen LogP contribution < -0.4 is 10.1 Å². The van der Waals surface area contributed by atoms with Crippen LogP contribution in [0.3, 0.4) is 0 Å². The molecule has 1 aromatic carbocycles. The second kappa shape index (κ2) is 5.46. The number of rotatable bonds is 2. The van der Waals surface area contributed by atoms with Crippen molar-refractivity contribution in [3.8, 4) is 11.8 Å². The zero-order valence-electron chi connectivity index (χ0n) is 9.33. The third-order valence-electron chi connectivity index (χ3n) is 2.10. The Morgan fingerprint density at radius 2 is 2.00 bits per heavy atom. The van der Waals surface area contributed by atoms with Crippen LogP contribution in [0.25, 0.3) is 0 Å². The van der Waals surface area contributed by atoms with E-state index in [4.69, 9.17) is 10.00 Å². The number of hydrogen-bond donors (Lipinski definition) is 1. The van der Waals surface area contributed by atoms with Gasteiger partial charge in [-0.1, -0.05) is 18.2 Å². The van der Waals surface area contributed by atoms with Crippen LogP contribution in [0.1, 0.15) is 5.56 Å². The van der Waals surface area contributed by atoms with Crippen molar-refractivity contribution in [2.24, 2.45) is 0 Å². The third-order valence-corrected chi connectivity index (χ3v) is 2.10. The summed E-state index contributed by atoms with van der Waals surface area (Å²) in [5.41, 5.74) is 0.280. The van der Waals surface area contributed by atoms with Crippen LogP contribution in [0.4, 0.5) is 10.6 Å². The molecule has 18 heavy (non-hydrogen) atoms. The highest BCUT2D eigenvalue weighted by Gasteiger charge is 2.08. The second-order valence-corrected chi connectivity index (χ2v) is 3.34. The number of carbonyl (C=O) groups is 1. The number of aromatic nitrogens is 1. The SMILES string of the molecule is N#Cc1cccnc1NC(=O)Oc1ccccc1. The molecule has 0 spiro atoms. The van der Waals surface area contributed by atoms with E-state index in [1.807, 2.05) is 12.1 Å². The number of nitrogens with zero attached hydrogens (tertiary/aromatic N) is 2. The minimum Gasteiger partial charge on any atom is -0.410 e. The average molecular weight is 239 g/mol. The average Bonchev–Trinajstić information content (AvgIpc) is 2.40. The molecule has 1 aromatic heterocycles. The number of nitriles is 1. The van der Waals surface area contributed by atoms with Crippen LogP contribution in [0, 0.1) is 11.3 Å². The van der Waals surface area contributed by atoms with Crippen molar-refractivity contribution >= 4 is 11.9 Å². The summed E-state index contributed by atoms with van der Waals surface area (Å²) in [5, 5.41) is 11.3. The number of amides is 1. The van der Waals surface area contributed by atoms with Gasteiger partial charge in [0, 0.05) is 6.20 Å². The summed E-state index contributed by atoms with van der Waals surface area (Å²) in [5.74, 6) is 0.602. The van der Waals surface area contributed by atoms with Crippen LogP contribution in [-0.4, -0.2) is 11.1 Å². The molecular formula is C13H9N3O2. The summed E-state index contributed by atoms with van der Waals surface area (Å²) in [6, 6.07) is 13.7.